The van der Waals surface area contributed by atoms with Crippen molar-refractivity contribution in [2.45, 2.75) is 13.0 Å². The highest BCUT2D eigenvalue weighted by Crippen LogP contribution is 1.88. The molecule has 6 heteroatoms. The lowest BCUT2D eigenvalue weighted by molar-refractivity contribution is -0.136. The largest absolute Gasteiger partial charge is 0.353 e. The zero-order chi connectivity index (χ0) is 9.68. The Bertz CT molecular complexity index is 197. The van der Waals surface area contributed by atoms with Crippen LogP contribution in [-0.2, 0) is 14.4 Å². The third-order valence-electron chi connectivity index (χ3n) is 1.65. The molecule has 13 heavy (non-hydrogen) atoms. The van der Waals surface area contributed by atoms with E-state index in [1.54, 1.807) is 6.92 Å². The summed E-state index contributed by atoms with van der Waals surface area (Å²) in [6.07, 6.45) is 0. The molecule has 0 aromatic heterocycles. The van der Waals surface area contributed by atoms with Crippen LogP contribution in [-0.4, -0.2) is 37.6 Å². The van der Waals surface area contributed by atoms with E-state index in [-0.39, 0.29) is 18.4 Å². The molecule has 1 aliphatic rings. The maximum Gasteiger partial charge on any atom is 0.262 e. The van der Waals surface area contributed by atoms with Crippen molar-refractivity contribution in [3.63, 3.8) is 0 Å². The Labute approximate surface area is 76.0 Å². The highest BCUT2D eigenvalue weighted by Gasteiger charge is 2.23. The molecule has 1 saturated heterocycles. The lowest BCUT2D eigenvalue weighted by Crippen LogP contribution is -2.57. The standard InChI is InChI=1S/C7H13N3O3/c1-2-13-10-7(12)5-3-9-6(11)4-8-5/h5,8H,2-4H2,1H3,(H,9,11)(H,10,12). The summed E-state index contributed by atoms with van der Waals surface area (Å²) in [7, 11) is 0. The summed E-state index contributed by atoms with van der Waals surface area (Å²) in [5.41, 5.74) is 2.26. The Hall–Kier alpha value is -1.14. The first-order chi connectivity index (χ1) is 6.24. The maximum absolute atomic E-state index is 11.2. The number of hydrogen-bond donors (Lipinski definition) is 3. The molecule has 0 aliphatic carbocycles. The normalized spacial score (nSPS) is 22.2. The van der Waals surface area contributed by atoms with E-state index in [0.29, 0.717) is 13.2 Å². The fraction of sp³-hybridized carbons (Fsp3) is 0.714. The average molecular weight is 187 g/mol. The van der Waals surface area contributed by atoms with Gasteiger partial charge in [-0.1, -0.05) is 0 Å². The van der Waals surface area contributed by atoms with E-state index in [9.17, 15) is 9.59 Å². The van der Waals surface area contributed by atoms with Crippen LogP contribution in [0.1, 0.15) is 6.92 Å². The third-order valence-corrected chi connectivity index (χ3v) is 1.65. The van der Waals surface area contributed by atoms with Crippen LogP contribution in [0, 0.1) is 0 Å². The van der Waals surface area contributed by atoms with Crippen molar-refractivity contribution in [3.05, 3.63) is 0 Å². The zero-order valence-electron chi connectivity index (χ0n) is 7.42. The zero-order valence-corrected chi connectivity index (χ0v) is 7.42. The van der Waals surface area contributed by atoms with Crippen LogP contribution < -0.4 is 16.1 Å². The van der Waals surface area contributed by atoms with Crippen molar-refractivity contribution in [3.8, 4) is 0 Å². The summed E-state index contributed by atoms with van der Waals surface area (Å²) in [5, 5.41) is 5.35. The maximum atomic E-state index is 11.2. The minimum atomic E-state index is -0.399. The minimum Gasteiger partial charge on any atom is -0.353 e. The number of piperazine rings is 1. The lowest BCUT2D eigenvalue weighted by Gasteiger charge is -2.22. The molecule has 0 saturated carbocycles. The van der Waals surface area contributed by atoms with Gasteiger partial charge in [0.05, 0.1) is 13.2 Å². The Morgan fingerprint density at radius 2 is 2.54 bits per heavy atom. The highest BCUT2D eigenvalue weighted by atomic mass is 16.6. The highest BCUT2D eigenvalue weighted by molar-refractivity contribution is 5.86. The number of carbonyl (C=O) groups is 2. The molecular weight excluding hydrogens is 174 g/mol. The molecule has 0 spiro atoms. The van der Waals surface area contributed by atoms with Gasteiger partial charge in [0.1, 0.15) is 6.04 Å². The number of nitrogens with one attached hydrogen (secondary N) is 3. The quantitative estimate of drug-likeness (QED) is 0.453. The smallest absolute Gasteiger partial charge is 0.262 e. The minimum absolute atomic E-state index is 0.0968. The Morgan fingerprint density at radius 3 is 3.08 bits per heavy atom. The van der Waals surface area contributed by atoms with Gasteiger partial charge in [0.15, 0.2) is 0 Å². The van der Waals surface area contributed by atoms with Gasteiger partial charge in [-0.15, -0.1) is 0 Å². The van der Waals surface area contributed by atoms with Gasteiger partial charge in [0.2, 0.25) is 5.91 Å². The molecule has 0 bridgehead atoms. The lowest BCUT2D eigenvalue weighted by atomic mass is 10.2. The second-order valence-corrected chi connectivity index (χ2v) is 2.64. The molecule has 1 heterocycles. The topological polar surface area (TPSA) is 79.5 Å². The van der Waals surface area contributed by atoms with Crippen LogP contribution in [0.25, 0.3) is 0 Å². The summed E-state index contributed by atoms with van der Waals surface area (Å²) in [6, 6.07) is -0.399. The van der Waals surface area contributed by atoms with Gasteiger partial charge in [-0.2, -0.15) is 0 Å². The molecule has 1 aliphatic heterocycles. The van der Waals surface area contributed by atoms with Crippen LogP contribution >= 0.6 is 0 Å². The van der Waals surface area contributed by atoms with E-state index in [4.69, 9.17) is 4.84 Å². The number of amides is 2. The Morgan fingerprint density at radius 1 is 1.77 bits per heavy atom. The van der Waals surface area contributed by atoms with Crippen molar-refractivity contribution < 1.29 is 14.4 Å². The van der Waals surface area contributed by atoms with Gasteiger partial charge in [0, 0.05) is 6.54 Å². The van der Waals surface area contributed by atoms with Crippen LogP contribution in [0.3, 0.4) is 0 Å². The summed E-state index contributed by atoms with van der Waals surface area (Å²) in [4.78, 5) is 26.6. The molecule has 1 atom stereocenters. The van der Waals surface area contributed by atoms with Gasteiger partial charge >= 0.3 is 0 Å². The monoisotopic (exact) mass is 187 g/mol. The number of hydroxylamine groups is 1. The summed E-state index contributed by atoms with van der Waals surface area (Å²) in [5.74, 6) is -0.359. The van der Waals surface area contributed by atoms with Gasteiger partial charge in [-0.05, 0) is 6.92 Å². The van der Waals surface area contributed by atoms with E-state index in [1.807, 2.05) is 0 Å². The van der Waals surface area contributed by atoms with E-state index in [2.05, 4.69) is 16.1 Å². The van der Waals surface area contributed by atoms with Crippen LogP contribution in [0.2, 0.25) is 0 Å². The van der Waals surface area contributed by atoms with Gasteiger partial charge in [-0.3, -0.25) is 19.7 Å². The van der Waals surface area contributed by atoms with Gasteiger partial charge < -0.3 is 5.32 Å². The average Bonchev–Trinajstić information content (AvgIpc) is 2.15. The number of rotatable bonds is 3. The fourth-order valence-corrected chi connectivity index (χ4v) is 0.966. The Balaban J connectivity index is 2.27. The first-order valence-electron chi connectivity index (χ1n) is 4.15. The SMILES string of the molecule is CCONC(=O)C1CNC(=O)CN1. The molecule has 1 fully saturated rings. The van der Waals surface area contributed by atoms with Crippen molar-refractivity contribution in [2.75, 3.05) is 19.7 Å². The summed E-state index contributed by atoms with van der Waals surface area (Å²) in [6.45, 7) is 2.67. The number of carbonyl (C=O) groups excluding carboxylic acids is 2. The molecule has 6 nitrogen and oxygen atoms in total. The molecular formula is C7H13N3O3. The van der Waals surface area contributed by atoms with Crippen molar-refractivity contribution >= 4 is 11.8 Å². The molecule has 2 amide bonds. The molecule has 1 rings (SSSR count). The molecule has 1 unspecified atom stereocenters. The predicted octanol–water partition coefficient (Wildman–Crippen LogP) is -1.86. The van der Waals surface area contributed by atoms with Crippen molar-refractivity contribution in [2.24, 2.45) is 0 Å². The first-order valence-corrected chi connectivity index (χ1v) is 4.15. The number of hydrogen-bond acceptors (Lipinski definition) is 4. The summed E-state index contributed by atoms with van der Waals surface area (Å²) >= 11 is 0. The van der Waals surface area contributed by atoms with E-state index >= 15 is 0 Å². The van der Waals surface area contributed by atoms with Crippen molar-refractivity contribution in [1.82, 2.24) is 16.1 Å². The first kappa shape index (κ1) is 9.94. The molecule has 0 radical (unpaired) electrons. The van der Waals surface area contributed by atoms with Gasteiger partial charge in [0.25, 0.3) is 5.91 Å². The molecule has 74 valence electrons. The molecule has 3 N–H and O–H groups in total. The van der Waals surface area contributed by atoms with Gasteiger partial charge in [-0.25, -0.2) is 5.48 Å². The molecule has 0 aromatic rings. The summed E-state index contributed by atoms with van der Waals surface area (Å²) < 4.78 is 0. The van der Waals surface area contributed by atoms with E-state index in [1.165, 1.54) is 0 Å². The van der Waals surface area contributed by atoms with Crippen LogP contribution in [0.15, 0.2) is 0 Å². The molecule has 0 aromatic carbocycles. The fourth-order valence-electron chi connectivity index (χ4n) is 0.966. The van der Waals surface area contributed by atoms with Crippen molar-refractivity contribution in [1.29, 1.82) is 0 Å². The Kier molecular flexibility index (Phi) is 3.66. The van der Waals surface area contributed by atoms with Crippen LogP contribution in [0.5, 0.6) is 0 Å². The van der Waals surface area contributed by atoms with E-state index < -0.39 is 6.04 Å². The second kappa shape index (κ2) is 4.78. The second-order valence-electron chi connectivity index (χ2n) is 2.64. The van der Waals surface area contributed by atoms with Crippen LogP contribution in [0.4, 0.5) is 0 Å². The third kappa shape index (κ3) is 3.00. The predicted molar refractivity (Wildman–Crippen MR) is 44.6 cm³/mol. The van der Waals surface area contributed by atoms with E-state index in [0.717, 1.165) is 0 Å².